The Balaban J connectivity index is 1.69. The Morgan fingerprint density at radius 1 is 1.11 bits per heavy atom. The molecule has 0 N–H and O–H groups in total. The number of aromatic nitrogens is 2. The van der Waals surface area contributed by atoms with Crippen molar-refractivity contribution in [1.82, 2.24) is 14.7 Å². The van der Waals surface area contributed by atoms with Gasteiger partial charge >= 0.3 is 6.18 Å². The van der Waals surface area contributed by atoms with Crippen LogP contribution in [0, 0.1) is 0 Å². The molecule has 0 radical (unpaired) electrons. The minimum atomic E-state index is -4.96. The second kappa shape index (κ2) is 7.36. The number of rotatable bonds is 5. The zero-order valence-corrected chi connectivity index (χ0v) is 14.9. The lowest BCUT2D eigenvalue weighted by molar-refractivity contribution is -0.0882. The van der Waals surface area contributed by atoms with Gasteiger partial charge in [0, 0.05) is 25.4 Å². The van der Waals surface area contributed by atoms with Gasteiger partial charge in [-0.05, 0) is 24.3 Å². The van der Waals surface area contributed by atoms with Gasteiger partial charge in [-0.2, -0.15) is 18.3 Å². The molecule has 27 heavy (non-hydrogen) atoms. The summed E-state index contributed by atoms with van der Waals surface area (Å²) in [6.45, 7) is 0.228. The van der Waals surface area contributed by atoms with E-state index in [2.05, 4.69) is 5.10 Å². The second-order valence-electron chi connectivity index (χ2n) is 5.78. The van der Waals surface area contributed by atoms with Crippen LogP contribution in [0.25, 0.3) is 5.69 Å². The van der Waals surface area contributed by atoms with Crippen LogP contribution in [0.1, 0.15) is 24.9 Å². The molecule has 1 amide bonds. The van der Waals surface area contributed by atoms with Gasteiger partial charge < -0.3 is 4.90 Å². The Kier molecular flexibility index (Phi) is 5.13. The Hall–Kier alpha value is -2.94. The van der Waals surface area contributed by atoms with E-state index in [-0.39, 0.29) is 11.4 Å². The van der Waals surface area contributed by atoms with Crippen molar-refractivity contribution in [1.29, 1.82) is 0 Å². The smallest absolute Gasteiger partial charge is 0.337 e. The third-order valence-electron chi connectivity index (χ3n) is 3.72. The van der Waals surface area contributed by atoms with E-state index >= 15 is 0 Å². The topological polar surface area (TPSA) is 55.2 Å². The second-order valence-corrected chi connectivity index (χ2v) is 6.86. The molecule has 140 valence electrons. The van der Waals surface area contributed by atoms with Crippen molar-refractivity contribution < 1.29 is 22.8 Å². The first-order chi connectivity index (χ1) is 12.8. The fourth-order valence-electron chi connectivity index (χ4n) is 2.41. The number of hydrogen-bond donors (Lipinski definition) is 0. The summed E-state index contributed by atoms with van der Waals surface area (Å²) in [6, 6.07) is 11.7. The Morgan fingerprint density at radius 2 is 1.78 bits per heavy atom. The highest BCUT2D eigenvalue weighted by atomic mass is 32.1. The molecule has 5 nitrogen and oxygen atoms in total. The van der Waals surface area contributed by atoms with Gasteiger partial charge in [-0.3, -0.25) is 9.59 Å². The lowest BCUT2D eigenvalue weighted by Gasteiger charge is -2.14. The van der Waals surface area contributed by atoms with Crippen LogP contribution >= 0.6 is 11.3 Å². The fraction of sp³-hybridized carbons (Fsp3) is 0.167. The number of para-hydroxylation sites is 1. The molecular formula is C18H14F3N3O2S. The first kappa shape index (κ1) is 18.8. The van der Waals surface area contributed by atoms with Crippen LogP contribution in [0.15, 0.2) is 54.9 Å². The standard InChI is InChI=1S/C18H14F3N3O2S/c1-23(10-12-9-22-24(11-12)13-5-3-2-4-6-13)17(26)15-8-7-14(27-15)16(25)18(19,20)21/h2-9,11H,10H2,1H3. The fourth-order valence-corrected chi connectivity index (χ4v) is 3.37. The molecule has 0 spiro atoms. The van der Waals surface area contributed by atoms with E-state index < -0.39 is 22.7 Å². The maximum atomic E-state index is 12.5. The molecule has 0 saturated heterocycles. The molecule has 0 atom stereocenters. The van der Waals surface area contributed by atoms with Gasteiger partial charge in [0.1, 0.15) is 0 Å². The number of ketones is 1. The Morgan fingerprint density at radius 3 is 2.44 bits per heavy atom. The van der Waals surface area contributed by atoms with Gasteiger partial charge in [0.15, 0.2) is 0 Å². The summed E-state index contributed by atoms with van der Waals surface area (Å²) in [5.74, 6) is -2.41. The maximum absolute atomic E-state index is 12.5. The first-order valence-electron chi connectivity index (χ1n) is 7.81. The number of thiophene rings is 1. The highest BCUT2D eigenvalue weighted by Crippen LogP contribution is 2.27. The van der Waals surface area contributed by atoms with Crippen LogP contribution in [-0.4, -0.2) is 39.6 Å². The van der Waals surface area contributed by atoms with Gasteiger partial charge in [0.05, 0.1) is 21.6 Å². The lowest BCUT2D eigenvalue weighted by atomic mass is 10.3. The molecule has 3 aromatic rings. The molecular weight excluding hydrogens is 379 g/mol. The van der Waals surface area contributed by atoms with Crippen LogP contribution in [0.2, 0.25) is 0 Å². The SMILES string of the molecule is CN(Cc1cnn(-c2ccccc2)c1)C(=O)c1ccc(C(=O)C(F)(F)F)s1. The largest absolute Gasteiger partial charge is 0.455 e. The molecule has 2 aromatic heterocycles. The number of nitrogens with zero attached hydrogens (tertiary/aromatic N) is 3. The number of carbonyl (C=O) groups is 2. The molecule has 0 aliphatic heterocycles. The van der Waals surface area contributed by atoms with Crippen molar-refractivity contribution >= 4 is 23.0 Å². The highest BCUT2D eigenvalue weighted by Gasteiger charge is 2.40. The van der Waals surface area contributed by atoms with Crippen LogP contribution in [0.5, 0.6) is 0 Å². The van der Waals surface area contributed by atoms with E-state index in [1.807, 2.05) is 30.3 Å². The summed E-state index contributed by atoms with van der Waals surface area (Å²) < 4.78 is 39.1. The van der Waals surface area contributed by atoms with Gasteiger partial charge in [-0.25, -0.2) is 4.68 Å². The number of Topliss-reactive ketones (excluding diaryl/α,β-unsaturated/α-hetero) is 1. The third kappa shape index (κ3) is 4.25. The number of amides is 1. The van der Waals surface area contributed by atoms with E-state index in [9.17, 15) is 22.8 Å². The van der Waals surface area contributed by atoms with E-state index in [0.717, 1.165) is 17.3 Å². The summed E-state index contributed by atoms with van der Waals surface area (Å²) in [4.78, 5) is 24.6. The molecule has 0 aliphatic rings. The quantitative estimate of drug-likeness (QED) is 0.617. The third-order valence-corrected chi connectivity index (χ3v) is 4.79. The number of hydrogen-bond acceptors (Lipinski definition) is 4. The summed E-state index contributed by atoms with van der Waals surface area (Å²) in [6.07, 6.45) is -1.57. The molecule has 0 aliphatic carbocycles. The monoisotopic (exact) mass is 393 g/mol. The minimum absolute atomic E-state index is 0.0700. The maximum Gasteiger partial charge on any atom is 0.455 e. The predicted octanol–water partition coefficient (Wildman–Crippen LogP) is 3.95. The van der Waals surface area contributed by atoms with E-state index in [0.29, 0.717) is 11.3 Å². The zero-order valence-electron chi connectivity index (χ0n) is 14.1. The van der Waals surface area contributed by atoms with Crippen LogP contribution in [0.3, 0.4) is 0 Å². The van der Waals surface area contributed by atoms with Gasteiger partial charge in [-0.15, -0.1) is 11.3 Å². The van der Waals surface area contributed by atoms with Gasteiger partial charge in [0.25, 0.3) is 11.7 Å². The number of benzene rings is 1. The Bertz CT molecular complexity index is 964. The van der Waals surface area contributed by atoms with Crippen LogP contribution in [0.4, 0.5) is 13.2 Å². The molecule has 0 unspecified atom stereocenters. The van der Waals surface area contributed by atoms with Crippen molar-refractivity contribution in [2.45, 2.75) is 12.7 Å². The summed E-state index contributed by atoms with van der Waals surface area (Å²) in [7, 11) is 1.53. The van der Waals surface area contributed by atoms with E-state index in [1.54, 1.807) is 17.1 Å². The zero-order chi connectivity index (χ0) is 19.6. The molecule has 9 heteroatoms. The normalized spacial score (nSPS) is 11.4. The number of carbonyl (C=O) groups excluding carboxylic acids is 2. The molecule has 2 heterocycles. The van der Waals surface area contributed by atoms with Crippen molar-refractivity contribution in [2.24, 2.45) is 0 Å². The van der Waals surface area contributed by atoms with E-state index in [1.165, 1.54) is 18.0 Å². The molecule has 0 bridgehead atoms. The molecule has 1 aromatic carbocycles. The molecule has 0 fully saturated rings. The first-order valence-corrected chi connectivity index (χ1v) is 8.63. The van der Waals surface area contributed by atoms with Crippen LogP contribution in [-0.2, 0) is 6.54 Å². The lowest BCUT2D eigenvalue weighted by Crippen LogP contribution is -2.25. The van der Waals surface area contributed by atoms with Crippen molar-refractivity contribution in [3.63, 3.8) is 0 Å². The highest BCUT2D eigenvalue weighted by molar-refractivity contribution is 7.16. The van der Waals surface area contributed by atoms with Gasteiger partial charge in [0.2, 0.25) is 0 Å². The molecule has 0 saturated carbocycles. The van der Waals surface area contributed by atoms with Crippen molar-refractivity contribution in [3.8, 4) is 5.69 Å². The average molecular weight is 393 g/mol. The summed E-state index contributed by atoms with van der Waals surface area (Å²) >= 11 is 0.535. The Labute approximate surface area is 156 Å². The summed E-state index contributed by atoms with van der Waals surface area (Å²) in [5, 5.41) is 4.24. The van der Waals surface area contributed by atoms with Crippen LogP contribution < -0.4 is 0 Å². The number of alkyl halides is 3. The molecule has 3 rings (SSSR count). The van der Waals surface area contributed by atoms with Gasteiger partial charge in [-0.1, -0.05) is 18.2 Å². The van der Waals surface area contributed by atoms with Crippen molar-refractivity contribution in [3.05, 3.63) is 70.2 Å². The predicted molar refractivity (Wildman–Crippen MR) is 94.1 cm³/mol. The summed E-state index contributed by atoms with van der Waals surface area (Å²) in [5.41, 5.74) is 1.63. The number of halogens is 3. The van der Waals surface area contributed by atoms with Crippen molar-refractivity contribution in [2.75, 3.05) is 7.05 Å². The minimum Gasteiger partial charge on any atom is -0.337 e. The van der Waals surface area contributed by atoms with E-state index in [4.69, 9.17) is 0 Å². The average Bonchev–Trinajstić information content (AvgIpc) is 3.30.